The van der Waals surface area contributed by atoms with Crippen molar-refractivity contribution in [3.63, 3.8) is 0 Å². The zero-order valence-electron chi connectivity index (χ0n) is 9.01. The Morgan fingerprint density at radius 2 is 2.07 bits per heavy atom. The predicted molar refractivity (Wildman–Crippen MR) is 64.1 cm³/mol. The number of rotatable bonds is 4. The zero-order chi connectivity index (χ0) is 10.6. The van der Waals surface area contributed by atoms with Gasteiger partial charge in [0.1, 0.15) is 0 Å². The maximum absolute atomic E-state index is 3.83. The van der Waals surface area contributed by atoms with Gasteiger partial charge in [-0.05, 0) is 23.1 Å². The summed E-state index contributed by atoms with van der Waals surface area (Å²) in [5, 5.41) is 0. The Morgan fingerprint density at radius 1 is 1.36 bits per heavy atom. The minimum atomic E-state index is 1.03. The van der Waals surface area contributed by atoms with Crippen molar-refractivity contribution in [1.29, 1.82) is 0 Å². The molecule has 0 heterocycles. The summed E-state index contributed by atoms with van der Waals surface area (Å²) in [6.45, 7) is 11.9. The highest BCUT2D eigenvalue weighted by molar-refractivity contribution is 5.57. The molecule has 0 N–H and O–H groups in total. The van der Waals surface area contributed by atoms with Crippen LogP contribution in [0.3, 0.4) is 0 Å². The van der Waals surface area contributed by atoms with Gasteiger partial charge in [0, 0.05) is 5.92 Å². The highest BCUT2D eigenvalue weighted by Crippen LogP contribution is 2.24. The van der Waals surface area contributed by atoms with Crippen LogP contribution in [0.1, 0.15) is 30.5 Å². The SMILES string of the molecule is C=C[C](C)c1cccc(C=C)c1CC. The second kappa shape index (κ2) is 4.80. The van der Waals surface area contributed by atoms with Gasteiger partial charge in [-0.3, -0.25) is 0 Å². The molecule has 1 aromatic carbocycles. The molecule has 1 radical (unpaired) electrons. The van der Waals surface area contributed by atoms with E-state index in [0.29, 0.717) is 0 Å². The van der Waals surface area contributed by atoms with E-state index in [-0.39, 0.29) is 0 Å². The van der Waals surface area contributed by atoms with E-state index in [1.807, 2.05) is 12.2 Å². The molecule has 1 aromatic rings. The third-order valence-corrected chi connectivity index (χ3v) is 2.52. The van der Waals surface area contributed by atoms with E-state index in [2.05, 4.69) is 45.2 Å². The Bertz CT molecular complexity index is 334. The van der Waals surface area contributed by atoms with Gasteiger partial charge in [0.25, 0.3) is 0 Å². The van der Waals surface area contributed by atoms with Crippen LogP contribution in [0.5, 0.6) is 0 Å². The van der Waals surface area contributed by atoms with Crippen molar-refractivity contribution in [2.75, 3.05) is 0 Å². The van der Waals surface area contributed by atoms with Crippen LogP contribution in [0.4, 0.5) is 0 Å². The molecule has 0 aliphatic carbocycles. The van der Waals surface area contributed by atoms with E-state index in [4.69, 9.17) is 0 Å². The molecule has 14 heavy (non-hydrogen) atoms. The largest absolute Gasteiger partial charge is 0.102 e. The molecule has 0 saturated heterocycles. The summed E-state index contributed by atoms with van der Waals surface area (Å²) in [6, 6.07) is 6.31. The van der Waals surface area contributed by atoms with Gasteiger partial charge >= 0.3 is 0 Å². The zero-order valence-corrected chi connectivity index (χ0v) is 9.01. The van der Waals surface area contributed by atoms with Crippen molar-refractivity contribution in [3.05, 3.63) is 60.0 Å². The smallest absolute Gasteiger partial charge is 0.0233 e. The van der Waals surface area contributed by atoms with Crippen molar-refractivity contribution in [1.82, 2.24) is 0 Å². The summed E-state index contributed by atoms with van der Waals surface area (Å²) >= 11 is 0. The van der Waals surface area contributed by atoms with Crippen molar-refractivity contribution < 1.29 is 0 Å². The van der Waals surface area contributed by atoms with Gasteiger partial charge in [-0.2, -0.15) is 0 Å². The molecule has 0 fully saturated rings. The fraction of sp³-hybridized carbons (Fsp3) is 0.214. The first kappa shape index (κ1) is 10.8. The fourth-order valence-corrected chi connectivity index (χ4v) is 1.67. The molecule has 1 rings (SSSR count). The Hall–Kier alpha value is -1.30. The molecule has 0 amide bonds. The first-order valence-electron chi connectivity index (χ1n) is 4.95. The average Bonchev–Trinajstić information content (AvgIpc) is 2.26. The molecular weight excluding hydrogens is 168 g/mol. The van der Waals surface area contributed by atoms with Crippen LogP contribution >= 0.6 is 0 Å². The van der Waals surface area contributed by atoms with E-state index >= 15 is 0 Å². The van der Waals surface area contributed by atoms with Crippen molar-refractivity contribution >= 4 is 6.08 Å². The standard InChI is InChI=1S/C14H17/c1-5-11(4)14-10-8-9-12(6-2)13(14)7-3/h5-6,8-10H,1-2,7H2,3-4H3. The Labute approximate surface area is 87.0 Å². The van der Waals surface area contributed by atoms with Crippen molar-refractivity contribution in [2.45, 2.75) is 20.3 Å². The normalized spacial score (nSPS) is 10.2. The summed E-state index contributed by atoms with van der Waals surface area (Å²) in [7, 11) is 0. The predicted octanol–water partition coefficient (Wildman–Crippen LogP) is 4.02. The molecule has 0 aliphatic rings. The summed E-state index contributed by atoms with van der Waals surface area (Å²) in [6.07, 6.45) is 4.85. The first-order valence-corrected chi connectivity index (χ1v) is 4.95. The maximum atomic E-state index is 3.83. The van der Waals surface area contributed by atoms with E-state index in [0.717, 1.165) is 6.42 Å². The van der Waals surface area contributed by atoms with Crippen LogP contribution in [0.15, 0.2) is 37.4 Å². The first-order chi connectivity index (χ1) is 6.74. The minimum Gasteiger partial charge on any atom is -0.102 e. The van der Waals surface area contributed by atoms with Crippen LogP contribution in [0.2, 0.25) is 0 Å². The van der Waals surface area contributed by atoms with Gasteiger partial charge in [-0.15, -0.1) is 6.58 Å². The lowest BCUT2D eigenvalue weighted by Gasteiger charge is -2.13. The molecule has 0 aliphatic heterocycles. The third-order valence-electron chi connectivity index (χ3n) is 2.52. The van der Waals surface area contributed by atoms with E-state index in [1.54, 1.807) is 0 Å². The lowest BCUT2D eigenvalue weighted by atomic mass is 9.91. The lowest BCUT2D eigenvalue weighted by molar-refractivity contribution is 1.08. The van der Waals surface area contributed by atoms with Crippen molar-refractivity contribution in [3.8, 4) is 0 Å². The molecular formula is C14H17. The minimum absolute atomic E-state index is 1.03. The average molecular weight is 185 g/mol. The molecule has 0 bridgehead atoms. The van der Waals surface area contributed by atoms with Gasteiger partial charge in [-0.1, -0.05) is 50.8 Å². The number of allylic oxidation sites excluding steroid dienone is 1. The highest BCUT2D eigenvalue weighted by atomic mass is 14.1. The summed E-state index contributed by atoms with van der Waals surface area (Å²) < 4.78 is 0. The van der Waals surface area contributed by atoms with Gasteiger partial charge in [0.15, 0.2) is 0 Å². The van der Waals surface area contributed by atoms with Gasteiger partial charge in [0.2, 0.25) is 0 Å². The Kier molecular flexibility index (Phi) is 3.70. The Morgan fingerprint density at radius 3 is 2.57 bits per heavy atom. The molecule has 73 valence electrons. The van der Waals surface area contributed by atoms with Gasteiger partial charge < -0.3 is 0 Å². The quantitative estimate of drug-likeness (QED) is 0.664. The van der Waals surface area contributed by atoms with Gasteiger partial charge in [-0.25, -0.2) is 0 Å². The molecule has 0 unspecified atom stereocenters. The summed E-state index contributed by atoms with van der Waals surface area (Å²) in [5.74, 6) is 1.23. The van der Waals surface area contributed by atoms with Crippen molar-refractivity contribution in [2.24, 2.45) is 0 Å². The molecule has 0 heteroatoms. The summed E-state index contributed by atoms with van der Waals surface area (Å²) in [4.78, 5) is 0. The molecule has 0 nitrogen and oxygen atoms in total. The molecule has 0 spiro atoms. The van der Waals surface area contributed by atoms with E-state index in [1.165, 1.54) is 22.6 Å². The van der Waals surface area contributed by atoms with Crippen LogP contribution in [-0.2, 0) is 6.42 Å². The molecule has 0 aromatic heterocycles. The lowest BCUT2D eigenvalue weighted by Crippen LogP contribution is -1.98. The van der Waals surface area contributed by atoms with Crippen LogP contribution in [0.25, 0.3) is 6.08 Å². The number of hydrogen-bond donors (Lipinski definition) is 0. The third kappa shape index (κ3) is 1.95. The Balaban J connectivity index is 3.27. The topological polar surface area (TPSA) is 0 Å². The second-order valence-electron chi connectivity index (χ2n) is 3.32. The molecule has 0 atom stereocenters. The maximum Gasteiger partial charge on any atom is 0.0233 e. The van der Waals surface area contributed by atoms with Crippen LogP contribution in [-0.4, -0.2) is 0 Å². The second-order valence-corrected chi connectivity index (χ2v) is 3.32. The fourth-order valence-electron chi connectivity index (χ4n) is 1.67. The van der Waals surface area contributed by atoms with E-state index in [9.17, 15) is 0 Å². The van der Waals surface area contributed by atoms with Crippen LogP contribution in [0, 0.1) is 5.92 Å². The van der Waals surface area contributed by atoms with E-state index < -0.39 is 0 Å². The van der Waals surface area contributed by atoms with Gasteiger partial charge in [0.05, 0.1) is 0 Å². The van der Waals surface area contributed by atoms with Crippen LogP contribution < -0.4 is 0 Å². The monoisotopic (exact) mass is 185 g/mol. The number of benzene rings is 1. The molecule has 0 saturated carbocycles. The highest BCUT2D eigenvalue weighted by Gasteiger charge is 2.08. The summed E-state index contributed by atoms with van der Waals surface area (Å²) in [5.41, 5.74) is 3.88. The number of hydrogen-bond acceptors (Lipinski definition) is 0.